The number of carboxylic acids is 1. The summed E-state index contributed by atoms with van der Waals surface area (Å²) in [7, 11) is 0. The van der Waals surface area contributed by atoms with E-state index in [1.165, 1.54) is 19.2 Å². The van der Waals surface area contributed by atoms with E-state index in [1.807, 2.05) is 0 Å². The maximum Gasteiger partial charge on any atom is 0.328 e. The van der Waals surface area contributed by atoms with Crippen LogP contribution in [0.1, 0.15) is 17.3 Å². The van der Waals surface area contributed by atoms with E-state index in [1.54, 1.807) is 0 Å². The first-order valence-electron chi connectivity index (χ1n) is 4.78. The molecule has 0 radical (unpaired) electrons. The number of hydrogen-bond donors (Lipinski definition) is 4. The van der Waals surface area contributed by atoms with Crippen molar-refractivity contribution in [3.05, 3.63) is 24.0 Å². The number of hydrogen-bond acceptors (Lipinski definition) is 5. The molecule has 7 heteroatoms. The van der Waals surface area contributed by atoms with Gasteiger partial charge in [0.1, 0.15) is 5.75 Å². The maximum absolute atomic E-state index is 11.6. The molecule has 92 valence electrons. The van der Waals surface area contributed by atoms with Crippen molar-refractivity contribution in [2.75, 3.05) is 0 Å². The van der Waals surface area contributed by atoms with Gasteiger partial charge in [-0.2, -0.15) is 0 Å². The number of aliphatic hydroxyl groups is 1. The fraction of sp³-hybridized carbons (Fsp3) is 0.300. The van der Waals surface area contributed by atoms with Gasteiger partial charge in [-0.05, 0) is 13.0 Å². The molecule has 0 fully saturated rings. The maximum atomic E-state index is 11.6. The summed E-state index contributed by atoms with van der Waals surface area (Å²) < 4.78 is 0. The van der Waals surface area contributed by atoms with Gasteiger partial charge in [-0.1, -0.05) is 0 Å². The molecular formula is C10H12N2O5. The average molecular weight is 240 g/mol. The number of aliphatic hydroxyl groups excluding tert-OH is 1. The number of nitrogens with zero attached hydrogens (tertiary/aromatic N) is 1. The molecule has 0 aliphatic rings. The Morgan fingerprint density at radius 2 is 2.12 bits per heavy atom. The minimum Gasteiger partial charge on any atom is -0.505 e. The van der Waals surface area contributed by atoms with Gasteiger partial charge >= 0.3 is 5.97 Å². The van der Waals surface area contributed by atoms with Crippen LogP contribution in [0.25, 0.3) is 0 Å². The quantitative estimate of drug-likeness (QED) is 0.555. The van der Waals surface area contributed by atoms with Gasteiger partial charge < -0.3 is 20.6 Å². The Morgan fingerprint density at radius 1 is 1.47 bits per heavy atom. The van der Waals surface area contributed by atoms with Gasteiger partial charge in [-0.3, -0.25) is 9.78 Å². The van der Waals surface area contributed by atoms with E-state index < -0.39 is 24.0 Å². The van der Waals surface area contributed by atoms with Crippen LogP contribution in [0.4, 0.5) is 0 Å². The van der Waals surface area contributed by atoms with Gasteiger partial charge in [0.05, 0.1) is 17.9 Å². The summed E-state index contributed by atoms with van der Waals surface area (Å²) in [4.78, 5) is 25.9. The lowest BCUT2D eigenvalue weighted by atomic mass is 10.1. The second kappa shape index (κ2) is 5.26. The van der Waals surface area contributed by atoms with Crippen molar-refractivity contribution in [3.63, 3.8) is 0 Å². The van der Waals surface area contributed by atoms with E-state index in [0.717, 1.165) is 6.20 Å². The first-order valence-corrected chi connectivity index (χ1v) is 4.78. The van der Waals surface area contributed by atoms with Crippen LogP contribution in [-0.4, -0.2) is 44.3 Å². The van der Waals surface area contributed by atoms with Crippen molar-refractivity contribution in [1.82, 2.24) is 10.3 Å². The molecule has 1 rings (SSSR count). The van der Waals surface area contributed by atoms with E-state index in [4.69, 9.17) is 5.11 Å². The molecule has 7 nitrogen and oxygen atoms in total. The molecule has 0 aliphatic carbocycles. The Balaban J connectivity index is 2.85. The van der Waals surface area contributed by atoms with Gasteiger partial charge in [-0.25, -0.2) is 4.79 Å². The molecule has 1 heterocycles. The second-order valence-corrected chi connectivity index (χ2v) is 3.42. The fourth-order valence-corrected chi connectivity index (χ4v) is 1.19. The lowest BCUT2D eigenvalue weighted by molar-refractivity contribution is -0.141. The first kappa shape index (κ1) is 12.9. The first-order chi connectivity index (χ1) is 7.93. The Labute approximate surface area is 96.7 Å². The molecule has 0 bridgehead atoms. The normalized spacial score (nSPS) is 13.8. The smallest absolute Gasteiger partial charge is 0.328 e. The van der Waals surface area contributed by atoms with Crippen LogP contribution in [0.3, 0.4) is 0 Å². The highest BCUT2D eigenvalue weighted by Crippen LogP contribution is 2.13. The number of carboxylic acid groups (broad SMARTS) is 1. The molecule has 0 saturated carbocycles. The van der Waals surface area contributed by atoms with E-state index in [9.17, 15) is 19.8 Å². The standard InChI is InChI=1S/C10H12N2O5/c1-5(13)8(10(16)17)12-9(15)6-2-3-11-4-7(6)14/h2-5,8,13-14H,1H3,(H,12,15)(H,16,17)/t5-,8+/m1/s1. The molecule has 0 unspecified atom stereocenters. The Bertz CT molecular complexity index is 432. The summed E-state index contributed by atoms with van der Waals surface area (Å²) in [5.41, 5.74) is -0.105. The molecule has 1 aromatic heterocycles. The van der Waals surface area contributed by atoms with Crippen LogP contribution in [0, 0.1) is 0 Å². The van der Waals surface area contributed by atoms with Crippen molar-refractivity contribution < 1.29 is 24.9 Å². The molecule has 17 heavy (non-hydrogen) atoms. The molecule has 0 aliphatic heterocycles. The highest BCUT2D eigenvalue weighted by Gasteiger charge is 2.26. The van der Waals surface area contributed by atoms with Crippen molar-refractivity contribution in [3.8, 4) is 5.75 Å². The molecule has 0 aromatic carbocycles. The van der Waals surface area contributed by atoms with Crippen LogP contribution < -0.4 is 5.32 Å². The zero-order valence-corrected chi connectivity index (χ0v) is 8.99. The molecule has 4 N–H and O–H groups in total. The summed E-state index contributed by atoms with van der Waals surface area (Å²) in [6, 6.07) is -0.193. The number of rotatable bonds is 4. The number of aromatic hydroxyl groups is 1. The fourth-order valence-electron chi connectivity index (χ4n) is 1.19. The zero-order chi connectivity index (χ0) is 13.0. The van der Waals surface area contributed by atoms with Gasteiger partial charge in [0.25, 0.3) is 5.91 Å². The lowest BCUT2D eigenvalue weighted by Gasteiger charge is -2.17. The number of carbonyl (C=O) groups excluding carboxylic acids is 1. The number of aliphatic carboxylic acids is 1. The monoisotopic (exact) mass is 240 g/mol. The van der Waals surface area contributed by atoms with E-state index >= 15 is 0 Å². The number of carbonyl (C=O) groups is 2. The van der Waals surface area contributed by atoms with Crippen LogP contribution in [0.5, 0.6) is 5.75 Å². The molecule has 0 saturated heterocycles. The highest BCUT2D eigenvalue weighted by molar-refractivity contribution is 5.98. The van der Waals surface area contributed by atoms with E-state index in [2.05, 4.69) is 10.3 Å². The number of aromatic nitrogens is 1. The van der Waals surface area contributed by atoms with E-state index in [-0.39, 0.29) is 11.3 Å². The third-order valence-corrected chi connectivity index (χ3v) is 2.08. The van der Waals surface area contributed by atoms with Crippen molar-refractivity contribution in [2.24, 2.45) is 0 Å². The van der Waals surface area contributed by atoms with Crippen molar-refractivity contribution in [1.29, 1.82) is 0 Å². The summed E-state index contributed by atoms with van der Waals surface area (Å²) in [6.07, 6.45) is 1.10. The molecule has 0 spiro atoms. The summed E-state index contributed by atoms with van der Waals surface area (Å²) in [6.45, 7) is 1.24. The largest absolute Gasteiger partial charge is 0.505 e. The molecule has 1 amide bonds. The Kier molecular flexibility index (Phi) is 4.00. The number of pyridine rings is 1. The molecule has 2 atom stereocenters. The third-order valence-electron chi connectivity index (χ3n) is 2.08. The lowest BCUT2D eigenvalue weighted by Crippen LogP contribution is -2.47. The highest BCUT2D eigenvalue weighted by atomic mass is 16.4. The van der Waals surface area contributed by atoms with Crippen molar-refractivity contribution >= 4 is 11.9 Å². The van der Waals surface area contributed by atoms with Gasteiger partial charge in [-0.15, -0.1) is 0 Å². The van der Waals surface area contributed by atoms with Crippen molar-refractivity contribution in [2.45, 2.75) is 19.1 Å². The van der Waals surface area contributed by atoms with Gasteiger partial charge in [0, 0.05) is 6.20 Å². The SMILES string of the molecule is C[C@@H](O)[C@H](NC(=O)c1ccncc1O)C(=O)O. The minimum absolute atomic E-state index is 0.105. The average Bonchev–Trinajstić information content (AvgIpc) is 2.25. The second-order valence-electron chi connectivity index (χ2n) is 3.42. The summed E-state index contributed by atoms with van der Waals surface area (Å²) in [5, 5.41) is 29.4. The minimum atomic E-state index is -1.44. The van der Waals surface area contributed by atoms with Gasteiger partial charge in [0.15, 0.2) is 6.04 Å². The Morgan fingerprint density at radius 3 is 2.59 bits per heavy atom. The van der Waals surface area contributed by atoms with E-state index in [0.29, 0.717) is 0 Å². The summed E-state index contributed by atoms with van der Waals surface area (Å²) >= 11 is 0. The topological polar surface area (TPSA) is 120 Å². The molecule has 1 aromatic rings. The summed E-state index contributed by atoms with van der Waals surface area (Å²) in [5.74, 6) is -2.51. The number of amides is 1. The van der Waals surface area contributed by atoms with Crippen LogP contribution in [0.2, 0.25) is 0 Å². The predicted molar refractivity (Wildman–Crippen MR) is 56.5 cm³/mol. The molecular weight excluding hydrogens is 228 g/mol. The zero-order valence-electron chi connectivity index (χ0n) is 8.99. The number of nitrogens with one attached hydrogen (secondary N) is 1. The van der Waals surface area contributed by atoms with Gasteiger partial charge in [0.2, 0.25) is 0 Å². The predicted octanol–water partition coefficient (Wildman–Crippen LogP) is -0.649. The van der Waals surface area contributed by atoms with Crippen LogP contribution in [0.15, 0.2) is 18.5 Å². The van der Waals surface area contributed by atoms with Crippen LogP contribution >= 0.6 is 0 Å². The van der Waals surface area contributed by atoms with Crippen LogP contribution in [-0.2, 0) is 4.79 Å². The Hall–Kier alpha value is -2.15. The third kappa shape index (κ3) is 3.15.